The molecule has 1 N–H and O–H groups in total. The summed E-state index contributed by atoms with van der Waals surface area (Å²) in [5.74, 6) is -0.812. The molecule has 0 spiro atoms. The zero-order chi connectivity index (χ0) is 20.4. The number of aliphatic hydroxyl groups is 1. The lowest BCUT2D eigenvalue weighted by Gasteiger charge is -2.21. The van der Waals surface area contributed by atoms with Gasteiger partial charge in [0.2, 0.25) is 0 Å². The molecular formula is C21H22ClN3O3. The maximum atomic E-state index is 13.3. The van der Waals surface area contributed by atoms with E-state index >= 15 is 0 Å². The fourth-order valence-corrected chi connectivity index (χ4v) is 3.27. The van der Waals surface area contributed by atoms with Crippen LogP contribution in [0, 0.1) is 0 Å². The van der Waals surface area contributed by atoms with Gasteiger partial charge in [-0.2, -0.15) is 0 Å². The molecule has 0 radical (unpaired) electrons. The predicted molar refractivity (Wildman–Crippen MR) is 111 cm³/mol. The topological polar surface area (TPSA) is 64.1 Å². The van der Waals surface area contributed by atoms with Gasteiger partial charge in [-0.15, -0.1) is 0 Å². The van der Waals surface area contributed by atoms with Gasteiger partial charge in [-0.1, -0.05) is 23.7 Å². The molecule has 28 heavy (non-hydrogen) atoms. The molecule has 7 heteroatoms. The molecule has 2 aromatic carbocycles. The van der Waals surface area contributed by atoms with Gasteiger partial charge in [0.25, 0.3) is 11.8 Å². The average Bonchev–Trinajstić information content (AvgIpc) is 2.93. The monoisotopic (exact) mass is 399 g/mol. The van der Waals surface area contributed by atoms with Crippen LogP contribution >= 0.6 is 11.6 Å². The van der Waals surface area contributed by atoms with Crippen LogP contribution in [0.2, 0.25) is 5.02 Å². The van der Waals surface area contributed by atoms with Crippen molar-refractivity contribution in [2.75, 3.05) is 44.1 Å². The second-order valence-corrected chi connectivity index (χ2v) is 7.17. The second-order valence-electron chi connectivity index (χ2n) is 6.73. The molecule has 1 aliphatic rings. The molecule has 0 aromatic heterocycles. The first kappa shape index (κ1) is 19.9. The summed E-state index contributed by atoms with van der Waals surface area (Å²) in [5.41, 5.74) is 2.63. The van der Waals surface area contributed by atoms with Crippen molar-refractivity contribution in [1.82, 2.24) is 4.90 Å². The van der Waals surface area contributed by atoms with Crippen molar-refractivity contribution in [3.63, 3.8) is 0 Å². The Morgan fingerprint density at radius 3 is 2.07 bits per heavy atom. The normalized spacial score (nSPS) is 14.1. The van der Waals surface area contributed by atoms with Crippen molar-refractivity contribution in [2.24, 2.45) is 0 Å². The first-order valence-electron chi connectivity index (χ1n) is 8.83. The Kier molecular flexibility index (Phi) is 5.72. The lowest BCUT2D eigenvalue weighted by atomic mass is 10.0. The molecule has 1 heterocycles. The van der Waals surface area contributed by atoms with E-state index in [2.05, 4.69) is 0 Å². The van der Waals surface area contributed by atoms with Gasteiger partial charge in [-0.05, 0) is 42.0 Å². The summed E-state index contributed by atoms with van der Waals surface area (Å²) in [6.07, 6.45) is 0. The Balaban J connectivity index is 2.07. The Bertz CT molecular complexity index is 921. The van der Waals surface area contributed by atoms with Crippen LogP contribution in [0.5, 0.6) is 0 Å². The zero-order valence-corrected chi connectivity index (χ0v) is 16.8. The highest BCUT2D eigenvalue weighted by molar-refractivity contribution is 6.45. The molecule has 3 rings (SSSR count). The van der Waals surface area contributed by atoms with Crippen LogP contribution < -0.4 is 9.80 Å². The highest BCUT2D eigenvalue weighted by atomic mass is 35.5. The second kappa shape index (κ2) is 8.04. The lowest BCUT2D eigenvalue weighted by molar-refractivity contribution is -0.120. The summed E-state index contributed by atoms with van der Waals surface area (Å²) in [7, 11) is 5.53. The fraction of sp³-hybridized carbons (Fsp3) is 0.238. The van der Waals surface area contributed by atoms with Gasteiger partial charge in [0, 0.05) is 38.4 Å². The van der Waals surface area contributed by atoms with Gasteiger partial charge in [0.15, 0.2) is 0 Å². The number of anilines is 2. The number of benzene rings is 2. The number of aliphatic hydroxyl groups excluding tert-OH is 1. The summed E-state index contributed by atoms with van der Waals surface area (Å²) in [4.78, 5) is 31.2. The van der Waals surface area contributed by atoms with Gasteiger partial charge in [0.1, 0.15) is 5.70 Å². The third-order valence-corrected chi connectivity index (χ3v) is 4.89. The molecule has 2 aromatic rings. The highest BCUT2D eigenvalue weighted by Gasteiger charge is 2.41. The number of rotatable bonds is 6. The number of nitrogens with zero attached hydrogens (tertiary/aromatic N) is 3. The van der Waals surface area contributed by atoms with Crippen LogP contribution in [-0.2, 0) is 9.59 Å². The fourth-order valence-electron chi connectivity index (χ4n) is 3.15. The zero-order valence-electron chi connectivity index (χ0n) is 16.0. The van der Waals surface area contributed by atoms with E-state index in [4.69, 9.17) is 11.6 Å². The first-order valence-corrected chi connectivity index (χ1v) is 9.21. The summed E-state index contributed by atoms with van der Waals surface area (Å²) in [6, 6.07) is 14.0. The van der Waals surface area contributed by atoms with Gasteiger partial charge in [-0.3, -0.25) is 9.59 Å². The Morgan fingerprint density at radius 1 is 0.929 bits per heavy atom. The quantitative estimate of drug-likeness (QED) is 0.756. The summed E-state index contributed by atoms with van der Waals surface area (Å²) >= 11 is 5.97. The van der Waals surface area contributed by atoms with Crippen LogP contribution in [0.25, 0.3) is 5.57 Å². The molecule has 0 fully saturated rings. The molecule has 2 amide bonds. The number of hydrogen-bond acceptors (Lipinski definition) is 5. The number of likely N-dealkylation sites (N-methyl/N-ethyl adjacent to an activating group) is 1. The van der Waals surface area contributed by atoms with Crippen LogP contribution in [0.3, 0.4) is 0 Å². The van der Waals surface area contributed by atoms with Gasteiger partial charge >= 0.3 is 0 Å². The maximum absolute atomic E-state index is 13.3. The average molecular weight is 400 g/mol. The van der Waals surface area contributed by atoms with E-state index in [0.29, 0.717) is 21.8 Å². The maximum Gasteiger partial charge on any atom is 0.282 e. The first-order chi connectivity index (χ1) is 13.3. The molecule has 0 atom stereocenters. The van der Waals surface area contributed by atoms with Crippen LogP contribution in [0.4, 0.5) is 11.4 Å². The standard InChI is InChI=1S/C21H22ClN3O3/c1-23(2)16-8-10-17(11-9-16)25-20(27)18(14-4-6-15(22)7-5-14)19(21(25)28)24(3)12-13-26/h4-11,26H,12-13H2,1-3H3. The molecule has 0 saturated carbocycles. The minimum Gasteiger partial charge on any atom is -0.395 e. The smallest absolute Gasteiger partial charge is 0.282 e. The Morgan fingerprint density at radius 2 is 1.54 bits per heavy atom. The molecule has 0 bridgehead atoms. The van der Waals surface area contributed by atoms with Gasteiger partial charge in [0.05, 0.1) is 17.9 Å². The van der Waals surface area contributed by atoms with E-state index in [1.165, 1.54) is 4.90 Å². The van der Waals surface area contributed by atoms with E-state index in [1.54, 1.807) is 48.3 Å². The minimum atomic E-state index is -0.413. The number of carbonyl (C=O) groups is 2. The molecular weight excluding hydrogens is 378 g/mol. The molecule has 146 valence electrons. The number of amides is 2. The summed E-state index contributed by atoms with van der Waals surface area (Å²) in [5, 5.41) is 9.86. The van der Waals surface area contributed by atoms with Gasteiger partial charge < -0.3 is 14.9 Å². The van der Waals surface area contributed by atoms with Crippen molar-refractivity contribution in [1.29, 1.82) is 0 Å². The van der Waals surface area contributed by atoms with E-state index in [1.807, 2.05) is 31.1 Å². The van der Waals surface area contributed by atoms with Crippen molar-refractivity contribution in [2.45, 2.75) is 0 Å². The van der Waals surface area contributed by atoms with E-state index < -0.39 is 11.8 Å². The molecule has 0 unspecified atom stereocenters. The van der Waals surface area contributed by atoms with Crippen molar-refractivity contribution < 1.29 is 14.7 Å². The molecule has 6 nitrogen and oxygen atoms in total. The van der Waals surface area contributed by atoms with E-state index in [-0.39, 0.29) is 18.8 Å². The van der Waals surface area contributed by atoms with Gasteiger partial charge in [-0.25, -0.2) is 4.90 Å². The predicted octanol–water partition coefficient (Wildman–Crippen LogP) is 2.61. The van der Waals surface area contributed by atoms with Crippen molar-refractivity contribution in [3.05, 3.63) is 64.8 Å². The number of carbonyl (C=O) groups excluding carboxylic acids is 2. The largest absolute Gasteiger partial charge is 0.395 e. The van der Waals surface area contributed by atoms with Crippen LogP contribution in [-0.4, -0.2) is 56.1 Å². The Hall–Kier alpha value is -2.83. The lowest BCUT2D eigenvalue weighted by Crippen LogP contribution is -2.34. The van der Waals surface area contributed by atoms with E-state index in [9.17, 15) is 14.7 Å². The third-order valence-electron chi connectivity index (χ3n) is 4.63. The highest BCUT2D eigenvalue weighted by Crippen LogP contribution is 2.35. The summed E-state index contributed by atoms with van der Waals surface area (Å²) in [6.45, 7) is 0.103. The summed E-state index contributed by atoms with van der Waals surface area (Å²) < 4.78 is 0. The molecule has 0 saturated heterocycles. The van der Waals surface area contributed by atoms with Crippen molar-refractivity contribution in [3.8, 4) is 0 Å². The number of halogens is 1. The van der Waals surface area contributed by atoms with Crippen LogP contribution in [0.1, 0.15) is 5.56 Å². The molecule has 0 aliphatic carbocycles. The van der Waals surface area contributed by atoms with Crippen molar-refractivity contribution >= 4 is 40.4 Å². The molecule has 1 aliphatic heterocycles. The minimum absolute atomic E-state index is 0.132. The van der Waals surface area contributed by atoms with E-state index in [0.717, 1.165) is 5.69 Å². The third kappa shape index (κ3) is 3.61. The van der Waals surface area contributed by atoms with Crippen LogP contribution in [0.15, 0.2) is 54.2 Å². The Labute approximate surface area is 169 Å². The SMILES string of the molecule is CN(CCO)C1=C(c2ccc(Cl)cc2)C(=O)N(c2ccc(N(C)C)cc2)C1=O. The number of hydrogen-bond donors (Lipinski definition) is 1. The number of imide groups is 1.